The van der Waals surface area contributed by atoms with Gasteiger partial charge in [0, 0.05) is 12.5 Å². The van der Waals surface area contributed by atoms with E-state index < -0.39 is 5.97 Å². The standard InChI is InChI=1S/C14H25N3O2S2/c1-11(2)13-15-16-14(21-10-12(18)19)17(13)8-6-4-5-7-9-20-3/h11H,4-10H2,1-3H3,(H,18,19). The molecule has 1 aromatic rings. The van der Waals surface area contributed by atoms with Gasteiger partial charge in [0.2, 0.25) is 0 Å². The van der Waals surface area contributed by atoms with Crippen molar-refractivity contribution in [2.75, 3.05) is 17.8 Å². The molecule has 0 aromatic carbocycles. The van der Waals surface area contributed by atoms with Gasteiger partial charge >= 0.3 is 5.97 Å². The van der Waals surface area contributed by atoms with Gasteiger partial charge in [0.05, 0.1) is 5.75 Å². The van der Waals surface area contributed by atoms with Crippen LogP contribution < -0.4 is 0 Å². The number of nitrogens with zero attached hydrogens (tertiary/aromatic N) is 3. The van der Waals surface area contributed by atoms with E-state index in [1.807, 2.05) is 11.8 Å². The maximum atomic E-state index is 10.7. The van der Waals surface area contributed by atoms with E-state index in [4.69, 9.17) is 5.11 Å². The average molecular weight is 332 g/mol. The van der Waals surface area contributed by atoms with E-state index in [-0.39, 0.29) is 5.75 Å². The first kappa shape index (κ1) is 18.4. The van der Waals surface area contributed by atoms with Gasteiger partial charge < -0.3 is 9.67 Å². The van der Waals surface area contributed by atoms with E-state index in [9.17, 15) is 4.79 Å². The molecule has 1 N–H and O–H groups in total. The molecule has 0 atom stereocenters. The first-order chi connectivity index (χ1) is 10.1. The maximum Gasteiger partial charge on any atom is 0.313 e. The minimum atomic E-state index is -0.822. The summed E-state index contributed by atoms with van der Waals surface area (Å²) in [6, 6.07) is 0. The molecule has 0 bridgehead atoms. The summed E-state index contributed by atoms with van der Waals surface area (Å²) in [7, 11) is 0. The van der Waals surface area contributed by atoms with Crippen molar-refractivity contribution in [3.63, 3.8) is 0 Å². The Bertz CT molecular complexity index is 436. The summed E-state index contributed by atoms with van der Waals surface area (Å²) in [5.41, 5.74) is 0. The summed E-state index contributed by atoms with van der Waals surface area (Å²) in [6.07, 6.45) is 6.93. The lowest BCUT2D eigenvalue weighted by atomic mass is 10.2. The zero-order valence-electron chi connectivity index (χ0n) is 13.0. The first-order valence-electron chi connectivity index (χ1n) is 7.33. The Labute approximate surface area is 135 Å². The van der Waals surface area contributed by atoms with E-state index in [1.165, 1.54) is 36.8 Å². The minimum Gasteiger partial charge on any atom is -0.481 e. The van der Waals surface area contributed by atoms with Crippen LogP contribution in [0.4, 0.5) is 0 Å². The predicted octanol–water partition coefficient (Wildman–Crippen LogP) is 3.50. The normalized spacial score (nSPS) is 11.2. The van der Waals surface area contributed by atoms with Crippen molar-refractivity contribution < 1.29 is 9.90 Å². The van der Waals surface area contributed by atoms with Gasteiger partial charge in [0.15, 0.2) is 5.16 Å². The monoisotopic (exact) mass is 331 g/mol. The molecule has 21 heavy (non-hydrogen) atoms. The quantitative estimate of drug-likeness (QED) is 0.494. The molecular formula is C14H25N3O2S2. The van der Waals surface area contributed by atoms with Crippen molar-refractivity contribution in [2.24, 2.45) is 0 Å². The van der Waals surface area contributed by atoms with Gasteiger partial charge in [-0.2, -0.15) is 11.8 Å². The van der Waals surface area contributed by atoms with Crippen LogP contribution in [0.1, 0.15) is 51.3 Å². The van der Waals surface area contributed by atoms with Crippen molar-refractivity contribution in [3.8, 4) is 0 Å². The highest BCUT2D eigenvalue weighted by molar-refractivity contribution is 7.99. The van der Waals surface area contributed by atoms with Gasteiger partial charge in [0.25, 0.3) is 0 Å². The molecule has 0 aliphatic rings. The Morgan fingerprint density at radius 2 is 1.95 bits per heavy atom. The molecule has 1 rings (SSSR count). The van der Waals surface area contributed by atoms with Crippen LogP contribution in [0, 0.1) is 0 Å². The number of aromatic nitrogens is 3. The Kier molecular flexibility index (Phi) is 8.84. The Balaban J connectivity index is 2.55. The van der Waals surface area contributed by atoms with E-state index in [1.54, 1.807) is 0 Å². The SMILES string of the molecule is CSCCCCCCn1c(SCC(=O)O)nnc1C(C)C. The van der Waals surface area contributed by atoms with Gasteiger partial charge in [-0.25, -0.2) is 0 Å². The number of rotatable bonds is 11. The van der Waals surface area contributed by atoms with Gasteiger partial charge in [-0.15, -0.1) is 10.2 Å². The van der Waals surface area contributed by atoms with Gasteiger partial charge in [-0.3, -0.25) is 4.79 Å². The molecule has 5 nitrogen and oxygen atoms in total. The fraction of sp³-hybridized carbons (Fsp3) is 0.786. The smallest absolute Gasteiger partial charge is 0.313 e. The van der Waals surface area contributed by atoms with Crippen LogP contribution in [0.2, 0.25) is 0 Å². The molecule has 0 aliphatic heterocycles. The second kappa shape index (κ2) is 10.1. The first-order valence-corrected chi connectivity index (χ1v) is 9.70. The second-order valence-corrected chi connectivity index (χ2v) is 7.16. The fourth-order valence-electron chi connectivity index (χ4n) is 2.04. The number of carboxylic acid groups (broad SMARTS) is 1. The topological polar surface area (TPSA) is 68.0 Å². The van der Waals surface area contributed by atoms with Crippen LogP contribution in [0.3, 0.4) is 0 Å². The van der Waals surface area contributed by atoms with Crippen LogP contribution in [0.15, 0.2) is 5.16 Å². The van der Waals surface area contributed by atoms with E-state index in [0.29, 0.717) is 5.92 Å². The third kappa shape index (κ3) is 6.74. The molecule has 0 fully saturated rings. The van der Waals surface area contributed by atoms with Crippen LogP contribution >= 0.6 is 23.5 Å². The maximum absolute atomic E-state index is 10.7. The third-order valence-electron chi connectivity index (χ3n) is 3.07. The lowest BCUT2D eigenvalue weighted by molar-refractivity contribution is -0.133. The van der Waals surface area contributed by atoms with Gasteiger partial charge in [-0.05, 0) is 24.9 Å². The third-order valence-corrected chi connectivity index (χ3v) is 4.72. The molecule has 0 spiro atoms. The van der Waals surface area contributed by atoms with Crippen molar-refractivity contribution in [1.29, 1.82) is 0 Å². The molecule has 1 aromatic heterocycles. The molecule has 7 heteroatoms. The van der Waals surface area contributed by atoms with E-state index in [0.717, 1.165) is 23.9 Å². The van der Waals surface area contributed by atoms with Crippen LogP contribution in [0.25, 0.3) is 0 Å². The molecule has 0 aliphatic carbocycles. The van der Waals surface area contributed by atoms with Crippen molar-refractivity contribution in [2.45, 2.75) is 57.1 Å². The lowest BCUT2D eigenvalue weighted by Gasteiger charge is -2.11. The van der Waals surface area contributed by atoms with Crippen LogP contribution in [-0.2, 0) is 11.3 Å². The number of unbranched alkanes of at least 4 members (excludes halogenated alkanes) is 3. The molecule has 0 amide bonds. The van der Waals surface area contributed by atoms with Crippen molar-refractivity contribution in [1.82, 2.24) is 14.8 Å². The average Bonchev–Trinajstić information content (AvgIpc) is 2.83. The molecule has 1 heterocycles. The Morgan fingerprint density at radius 3 is 2.57 bits per heavy atom. The highest BCUT2D eigenvalue weighted by Crippen LogP contribution is 2.22. The summed E-state index contributed by atoms with van der Waals surface area (Å²) in [5.74, 6) is 1.69. The number of carboxylic acids is 1. The summed E-state index contributed by atoms with van der Waals surface area (Å²) in [4.78, 5) is 10.7. The molecular weight excluding hydrogens is 306 g/mol. The van der Waals surface area contributed by atoms with E-state index >= 15 is 0 Å². The number of aliphatic carboxylic acids is 1. The molecule has 0 saturated carbocycles. The zero-order chi connectivity index (χ0) is 15.7. The van der Waals surface area contributed by atoms with Crippen LogP contribution in [0.5, 0.6) is 0 Å². The number of carbonyl (C=O) groups is 1. The fourth-order valence-corrected chi connectivity index (χ4v) is 3.22. The Morgan fingerprint density at radius 1 is 1.24 bits per heavy atom. The van der Waals surface area contributed by atoms with E-state index in [2.05, 4.69) is 34.9 Å². The van der Waals surface area contributed by atoms with Crippen molar-refractivity contribution >= 4 is 29.5 Å². The van der Waals surface area contributed by atoms with Crippen LogP contribution in [-0.4, -0.2) is 43.6 Å². The van der Waals surface area contributed by atoms with Gasteiger partial charge in [0.1, 0.15) is 5.82 Å². The number of hydrogen-bond donors (Lipinski definition) is 1. The number of thioether (sulfide) groups is 2. The minimum absolute atomic E-state index is 0.0317. The highest BCUT2D eigenvalue weighted by atomic mass is 32.2. The van der Waals surface area contributed by atoms with Gasteiger partial charge in [-0.1, -0.05) is 38.5 Å². The summed E-state index contributed by atoms with van der Waals surface area (Å²) >= 11 is 3.14. The molecule has 0 unspecified atom stereocenters. The highest BCUT2D eigenvalue weighted by Gasteiger charge is 2.15. The largest absolute Gasteiger partial charge is 0.481 e. The second-order valence-electron chi connectivity index (χ2n) is 5.24. The number of hydrogen-bond acceptors (Lipinski definition) is 5. The zero-order valence-corrected chi connectivity index (χ0v) is 14.7. The predicted molar refractivity (Wildman–Crippen MR) is 89.3 cm³/mol. The lowest BCUT2D eigenvalue weighted by Crippen LogP contribution is -2.08. The molecule has 120 valence electrons. The Hall–Kier alpha value is -0.690. The molecule has 0 saturated heterocycles. The van der Waals surface area contributed by atoms with Crippen molar-refractivity contribution in [3.05, 3.63) is 5.82 Å². The summed E-state index contributed by atoms with van der Waals surface area (Å²) in [6.45, 7) is 5.05. The summed E-state index contributed by atoms with van der Waals surface area (Å²) < 4.78 is 2.09. The summed E-state index contributed by atoms with van der Waals surface area (Å²) in [5, 5.41) is 17.9. The molecule has 0 radical (unpaired) electrons.